The second-order valence-electron chi connectivity index (χ2n) is 4.06. The van der Waals surface area contributed by atoms with E-state index in [4.69, 9.17) is 21.1 Å². The molecule has 2 aromatic rings. The fourth-order valence-corrected chi connectivity index (χ4v) is 2.02. The molecular formula is C14H14ClN3O3. The molecule has 0 bridgehead atoms. The van der Waals surface area contributed by atoms with E-state index in [0.29, 0.717) is 5.82 Å². The first-order valence-electron chi connectivity index (χ1n) is 6.11. The predicted molar refractivity (Wildman–Crippen MR) is 78.4 cm³/mol. The molecule has 110 valence electrons. The largest absolute Gasteiger partial charge is 0.490 e. The number of hydrogen-bond donors (Lipinski definition) is 1. The number of nitrogens with one attached hydrogen (secondary N) is 1. The normalized spacial score (nSPS) is 11.6. The highest BCUT2D eigenvalue weighted by atomic mass is 35.5. The summed E-state index contributed by atoms with van der Waals surface area (Å²) in [7, 11) is 2.77. The Hall–Kier alpha value is -2.34. The fourth-order valence-electron chi connectivity index (χ4n) is 1.81. The van der Waals surface area contributed by atoms with E-state index >= 15 is 0 Å². The van der Waals surface area contributed by atoms with E-state index in [1.807, 2.05) is 30.3 Å². The van der Waals surface area contributed by atoms with Crippen LogP contribution in [0.2, 0.25) is 5.15 Å². The second-order valence-corrected chi connectivity index (χ2v) is 4.42. The Kier molecular flexibility index (Phi) is 4.94. The van der Waals surface area contributed by atoms with Crippen molar-refractivity contribution in [3.05, 3.63) is 47.4 Å². The maximum atomic E-state index is 12.0. The maximum absolute atomic E-state index is 12.0. The molecule has 0 saturated carbocycles. The van der Waals surface area contributed by atoms with E-state index in [-0.39, 0.29) is 10.9 Å². The zero-order chi connectivity index (χ0) is 15.2. The molecule has 0 amide bonds. The summed E-state index contributed by atoms with van der Waals surface area (Å²) in [6.45, 7) is 0. The number of carbonyl (C=O) groups excluding carboxylic acids is 1. The third kappa shape index (κ3) is 3.41. The molecule has 1 unspecified atom stereocenters. The summed E-state index contributed by atoms with van der Waals surface area (Å²) in [5.74, 6) is 0.138. The van der Waals surface area contributed by atoms with Gasteiger partial charge in [-0.2, -0.15) is 0 Å². The van der Waals surface area contributed by atoms with Crippen molar-refractivity contribution in [2.45, 2.75) is 6.04 Å². The summed E-state index contributed by atoms with van der Waals surface area (Å²) in [6, 6.07) is 8.41. The van der Waals surface area contributed by atoms with Crippen molar-refractivity contribution in [1.82, 2.24) is 9.97 Å². The van der Waals surface area contributed by atoms with Gasteiger partial charge in [0.05, 0.1) is 14.2 Å². The minimum Gasteiger partial charge on any atom is -0.490 e. The van der Waals surface area contributed by atoms with Gasteiger partial charge in [0.25, 0.3) is 0 Å². The number of hydrogen-bond acceptors (Lipinski definition) is 6. The topological polar surface area (TPSA) is 73.3 Å². The third-order valence-electron chi connectivity index (χ3n) is 2.82. The van der Waals surface area contributed by atoms with Crippen molar-refractivity contribution in [2.75, 3.05) is 19.5 Å². The van der Waals surface area contributed by atoms with Crippen molar-refractivity contribution in [3.8, 4) is 5.75 Å². The van der Waals surface area contributed by atoms with E-state index in [1.54, 1.807) is 0 Å². The summed E-state index contributed by atoms with van der Waals surface area (Å²) in [5.41, 5.74) is 0.737. The molecule has 1 atom stereocenters. The minimum atomic E-state index is -0.726. The van der Waals surface area contributed by atoms with Gasteiger partial charge < -0.3 is 14.8 Å². The number of methoxy groups -OCH3 is 2. The summed E-state index contributed by atoms with van der Waals surface area (Å²) in [6.07, 6.45) is 1.28. The first-order valence-corrected chi connectivity index (χ1v) is 6.49. The number of benzene rings is 1. The summed E-state index contributed by atoms with van der Waals surface area (Å²) < 4.78 is 9.98. The summed E-state index contributed by atoms with van der Waals surface area (Å²) >= 11 is 5.94. The fraction of sp³-hybridized carbons (Fsp3) is 0.214. The summed E-state index contributed by atoms with van der Waals surface area (Å²) in [4.78, 5) is 19.9. The van der Waals surface area contributed by atoms with Gasteiger partial charge in [-0.25, -0.2) is 14.8 Å². The van der Waals surface area contributed by atoms with Gasteiger partial charge in [-0.3, -0.25) is 0 Å². The maximum Gasteiger partial charge on any atom is 0.333 e. The molecule has 0 aliphatic carbocycles. The van der Waals surface area contributed by atoms with Crippen LogP contribution in [0.4, 0.5) is 5.82 Å². The minimum absolute atomic E-state index is 0.159. The van der Waals surface area contributed by atoms with Gasteiger partial charge in [-0.15, -0.1) is 0 Å². The molecule has 1 N–H and O–H groups in total. The Morgan fingerprint density at radius 1 is 1.24 bits per heavy atom. The standard InChI is InChI=1S/C14H14ClN3O3/c1-20-11-12(15)16-8-17-13(11)18-10(14(19)21-2)9-6-4-3-5-7-9/h3-8,10H,1-2H3,(H,16,17,18). The summed E-state index contributed by atoms with van der Waals surface area (Å²) in [5, 5.41) is 3.13. The molecule has 0 aliphatic heterocycles. The lowest BCUT2D eigenvalue weighted by Gasteiger charge is -2.18. The number of esters is 1. The number of anilines is 1. The van der Waals surface area contributed by atoms with Crippen molar-refractivity contribution in [3.63, 3.8) is 0 Å². The van der Waals surface area contributed by atoms with E-state index in [1.165, 1.54) is 20.5 Å². The van der Waals surface area contributed by atoms with Crippen LogP contribution in [0, 0.1) is 0 Å². The highest BCUT2D eigenvalue weighted by Gasteiger charge is 2.24. The number of halogens is 1. The molecule has 1 aromatic heterocycles. The Bertz CT molecular complexity index is 622. The van der Waals surface area contributed by atoms with E-state index in [9.17, 15) is 4.79 Å². The predicted octanol–water partition coefficient (Wildman–Crippen LogP) is 2.46. The van der Waals surface area contributed by atoms with Crippen LogP contribution in [-0.4, -0.2) is 30.2 Å². The van der Waals surface area contributed by atoms with Crippen LogP contribution in [-0.2, 0) is 9.53 Å². The quantitative estimate of drug-likeness (QED) is 0.675. The molecule has 2 rings (SSSR count). The lowest BCUT2D eigenvalue weighted by molar-refractivity contribution is -0.141. The van der Waals surface area contributed by atoms with Gasteiger partial charge in [0, 0.05) is 0 Å². The highest BCUT2D eigenvalue weighted by Crippen LogP contribution is 2.31. The molecular weight excluding hydrogens is 294 g/mol. The zero-order valence-corrected chi connectivity index (χ0v) is 12.3. The van der Waals surface area contributed by atoms with Crippen LogP contribution < -0.4 is 10.1 Å². The molecule has 0 fully saturated rings. The van der Waals surface area contributed by atoms with Crippen molar-refractivity contribution in [2.24, 2.45) is 0 Å². The Morgan fingerprint density at radius 3 is 2.57 bits per heavy atom. The number of aromatic nitrogens is 2. The zero-order valence-electron chi connectivity index (χ0n) is 11.5. The highest BCUT2D eigenvalue weighted by molar-refractivity contribution is 6.31. The van der Waals surface area contributed by atoms with Gasteiger partial charge in [0.1, 0.15) is 6.33 Å². The first kappa shape index (κ1) is 15.1. The van der Waals surface area contributed by atoms with Crippen LogP contribution in [0.15, 0.2) is 36.7 Å². The number of ether oxygens (including phenoxy) is 2. The molecule has 0 radical (unpaired) electrons. The number of nitrogens with zero attached hydrogens (tertiary/aromatic N) is 2. The molecule has 6 nitrogen and oxygen atoms in total. The van der Waals surface area contributed by atoms with Crippen molar-refractivity contribution < 1.29 is 14.3 Å². The average Bonchev–Trinajstić information content (AvgIpc) is 2.53. The Labute approximate surface area is 127 Å². The van der Waals surface area contributed by atoms with Gasteiger partial charge in [0.2, 0.25) is 0 Å². The van der Waals surface area contributed by atoms with E-state index in [0.717, 1.165) is 5.56 Å². The van der Waals surface area contributed by atoms with Crippen LogP contribution in [0.1, 0.15) is 11.6 Å². The van der Waals surface area contributed by atoms with Crippen LogP contribution in [0.3, 0.4) is 0 Å². The molecule has 21 heavy (non-hydrogen) atoms. The van der Waals surface area contributed by atoms with Gasteiger partial charge >= 0.3 is 5.97 Å². The Balaban J connectivity index is 2.37. The van der Waals surface area contributed by atoms with Crippen molar-refractivity contribution >= 4 is 23.4 Å². The third-order valence-corrected chi connectivity index (χ3v) is 3.08. The van der Waals surface area contributed by atoms with Gasteiger partial charge in [-0.05, 0) is 5.56 Å². The smallest absolute Gasteiger partial charge is 0.333 e. The number of carbonyl (C=O) groups is 1. The van der Waals surface area contributed by atoms with Crippen LogP contribution in [0.5, 0.6) is 5.75 Å². The molecule has 0 spiro atoms. The second kappa shape index (κ2) is 6.90. The monoisotopic (exact) mass is 307 g/mol. The van der Waals surface area contributed by atoms with E-state index in [2.05, 4.69) is 15.3 Å². The first-order chi connectivity index (χ1) is 10.2. The molecule has 1 aromatic carbocycles. The lowest BCUT2D eigenvalue weighted by Crippen LogP contribution is -2.23. The van der Waals surface area contributed by atoms with Crippen LogP contribution >= 0.6 is 11.6 Å². The molecule has 0 saturated heterocycles. The van der Waals surface area contributed by atoms with E-state index < -0.39 is 12.0 Å². The van der Waals surface area contributed by atoms with Crippen molar-refractivity contribution in [1.29, 1.82) is 0 Å². The Morgan fingerprint density at radius 2 is 1.95 bits per heavy atom. The lowest BCUT2D eigenvalue weighted by atomic mass is 10.1. The SMILES string of the molecule is COC(=O)C(Nc1ncnc(Cl)c1OC)c1ccccc1. The molecule has 7 heteroatoms. The van der Waals surface area contributed by atoms with Crippen LogP contribution in [0.25, 0.3) is 0 Å². The van der Waals surface area contributed by atoms with Gasteiger partial charge in [-0.1, -0.05) is 41.9 Å². The van der Waals surface area contributed by atoms with Gasteiger partial charge in [0.15, 0.2) is 22.8 Å². The molecule has 0 aliphatic rings. The molecule has 1 heterocycles. The number of rotatable bonds is 5. The average molecular weight is 308 g/mol.